The molecule has 1 heterocycles. The molecule has 15 heavy (non-hydrogen) atoms. The second-order valence-electron chi connectivity index (χ2n) is 3.72. The maximum absolute atomic E-state index is 12.7. The van der Waals surface area contributed by atoms with E-state index in [0.29, 0.717) is 11.2 Å². The highest BCUT2D eigenvalue weighted by molar-refractivity contribution is 5.81. The van der Waals surface area contributed by atoms with Gasteiger partial charge in [-0.1, -0.05) is 0 Å². The van der Waals surface area contributed by atoms with Gasteiger partial charge >= 0.3 is 0 Å². The molecule has 5 heteroatoms. The van der Waals surface area contributed by atoms with E-state index in [0.717, 1.165) is 12.3 Å². The van der Waals surface area contributed by atoms with Gasteiger partial charge in [0.1, 0.15) is 6.54 Å². The Morgan fingerprint density at radius 1 is 1.47 bits per heavy atom. The first-order chi connectivity index (χ1) is 6.94. The van der Waals surface area contributed by atoms with Crippen molar-refractivity contribution in [3.05, 3.63) is 24.4 Å². The molecule has 0 radical (unpaired) electrons. The van der Waals surface area contributed by atoms with Crippen LogP contribution in [0, 0.1) is 0 Å². The standard InChI is InChI=1S/C10H11F2N3/c1-10(11,12)6-15-5-7-2-3-8(13)4-9(7)14-15/h2-5H,6,13H2,1H3. The summed E-state index contributed by atoms with van der Waals surface area (Å²) in [6.07, 6.45) is 1.59. The molecule has 0 unspecified atom stereocenters. The minimum absolute atomic E-state index is 0.415. The van der Waals surface area contributed by atoms with Gasteiger partial charge in [-0.05, 0) is 18.2 Å². The molecule has 0 atom stereocenters. The molecule has 0 aliphatic heterocycles. The number of anilines is 1. The number of fused-ring (bicyclic) bond motifs is 1. The van der Waals surface area contributed by atoms with Gasteiger partial charge in [0.25, 0.3) is 5.92 Å². The lowest BCUT2D eigenvalue weighted by Crippen LogP contribution is -2.19. The highest BCUT2D eigenvalue weighted by atomic mass is 19.3. The molecule has 80 valence electrons. The van der Waals surface area contributed by atoms with Crippen LogP contribution in [0.2, 0.25) is 0 Å². The summed E-state index contributed by atoms with van der Waals surface area (Å²) in [7, 11) is 0. The summed E-state index contributed by atoms with van der Waals surface area (Å²) in [5.41, 5.74) is 6.78. The van der Waals surface area contributed by atoms with Gasteiger partial charge in [-0.15, -0.1) is 0 Å². The van der Waals surface area contributed by atoms with Gasteiger partial charge in [0.2, 0.25) is 0 Å². The molecule has 0 amide bonds. The molecule has 0 saturated carbocycles. The topological polar surface area (TPSA) is 43.8 Å². The Morgan fingerprint density at radius 3 is 2.87 bits per heavy atom. The minimum Gasteiger partial charge on any atom is -0.399 e. The van der Waals surface area contributed by atoms with E-state index in [1.165, 1.54) is 4.68 Å². The molecule has 1 aromatic heterocycles. The number of rotatable bonds is 2. The van der Waals surface area contributed by atoms with Crippen LogP contribution in [-0.2, 0) is 6.54 Å². The molecule has 2 N–H and O–H groups in total. The highest BCUT2D eigenvalue weighted by Gasteiger charge is 2.22. The molecular formula is C10H11F2N3. The summed E-state index contributed by atoms with van der Waals surface area (Å²) in [6.45, 7) is 0.454. The molecule has 3 nitrogen and oxygen atoms in total. The number of hydrogen-bond donors (Lipinski definition) is 1. The van der Waals surface area contributed by atoms with E-state index in [2.05, 4.69) is 5.10 Å². The third kappa shape index (κ3) is 2.23. The molecule has 0 spiro atoms. The van der Waals surface area contributed by atoms with Crippen LogP contribution in [-0.4, -0.2) is 15.7 Å². The van der Waals surface area contributed by atoms with Gasteiger partial charge in [-0.2, -0.15) is 5.10 Å². The maximum Gasteiger partial charge on any atom is 0.264 e. The Morgan fingerprint density at radius 2 is 2.20 bits per heavy atom. The number of hydrogen-bond acceptors (Lipinski definition) is 2. The predicted octanol–water partition coefficient (Wildman–Crippen LogP) is 2.27. The lowest BCUT2D eigenvalue weighted by Gasteiger charge is -2.08. The summed E-state index contributed by atoms with van der Waals surface area (Å²) < 4.78 is 26.7. The van der Waals surface area contributed by atoms with Crippen LogP contribution in [0.3, 0.4) is 0 Å². The van der Waals surface area contributed by atoms with E-state index >= 15 is 0 Å². The summed E-state index contributed by atoms with van der Waals surface area (Å²) in [5, 5.41) is 4.83. The molecule has 0 fully saturated rings. The molecule has 2 aromatic rings. The van der Waals surface area contributed by atoms with Crippen LogP contribution in [0.25, 0.3) is 10.9 Å². The van der Waals surface area contributed by atoms with Crippen molar-refractivity contribution in [1.29, 1.82) is 0 Å². The minimum atomic E-state index is -2.76. The van der Waals surface area contributed by atoms with E-state index in [1.54, 1.807) is 24.4 Å². The lowest BCUT2D eigenvalue weighted by atomic mass is 10.2. The van der Waals surface area contributed by atoms with Crippen molar-refractivity contribution in [2.24, 2.45) is 0 Å². The zero-order valence-corrected chi connectivity index (χ0v) is 8.24. The van der Waals surface area contributed by atoms with Crippen molar-refractivity contribution in [2.45, 2.75) is 19.4 Å². The smallest absolute Gasteiger partial charge is 0.264 e. The van der Waals surface area contributed by atoms with Gasteiger partial charge in [0, 0.05) is 24.2 Å². The number of aromatic nitrogens is 2. The van der Waals surface area contributed by atoms with Gasteiger partial charge in [0.15, 0.2) is 0 Å². The fraction of sp³-hybridized carbons (Fsp3) is 0.300. The third-order valence-electron chi connectivity index (χ3n) is 2.02. The van der Waals surface area contributed by atoms with Crippen molar-refractivity contribution >= 4 is 16.6 Å². The third-order valence-corrected chi connectivity index (χ3v) is 2.02. The molecule has 0 aliphatic rings. The van der Waals surface area contributed by atoms with Gasteiger partial charge in [-0.25, -0.2) is 8.78 Å². The maximum atomic E-state index is 12.7. The second kappa shape index (κ2) is 3.18. The average Bonchev–Trinajstić information content (AvgIpc) is 2.42. The Hall–Kier alpha value is -1.65. The monoisotopic (exact) mass is 211 g/mol. The molecule has 0 bridgehead atoms. The first-order valence-corrected chi connectivity index (χ1v) is 4.54. The van der Waals surface area contributed by atoms with Crippen molar-refractivity contribution in [1.82, 2.24) is 9.78 Å². The SMILES string of the molecule is CC(F)(F)Cn1cc2ccc(N)cc2n1. The summed E-state index contributed by atoms with van der Waals surface area (Å²) in [4.78, 5) is 0. The highest BCUT2D eigenvalue weighted by Crippen LogP contribution is 2.19. The molecule has 0 saturated heterocycles. The van der Waals surface area contributed by atoms with E-state index in [9.17, 15) is 8.78 Å². The molecular weight excluding hydrogens is 200 g/mol. The van der Waals surface area contributed by atoms with Gasteiger partial charge in [-0.3, -0.25) is 4.68 Å². The summed E-state index contributed by atoms with van der Waals surface area (Å²) in [6, 6.07) is 5.15. The zero-order chi connectivity index (χ0) is 11.1. The first-order valence-electron chi connectivity index (χ1n) is 4.54. The normalized spacial score (nSPS) is 12.2. The second-order valence-corrected chi connectivity index (χ2v) is 3.72. The summed E-state index contributed by atoms with van der Waals surface area (Å²) >= 11 is 0. The van der Waals surface area contributed by atoms with Crippen molar-refractivity contribution < 1.29 is 8.78 Å². The van der Waals surface area contributed by atoms with Crippen LogP contribution in [0.5, 0.6) is 0 Å². The lowest BCUT2D eigenvalue weighted by molar-refractivity contribution is 0.000796. The zero-order valence-electron chi connectivity index (χ0n) is 8.24. The number of alkyl halides is 2. The average molecular weight is 211 g/mol. The van der Waals surface area contributed by atoms with E-state index in [1.807, 2.05) is 0 Å². The quantitative estimate of drug-likeness (QED) is 0.774. The largest absolute Gasteiger partial charge is 0.399 e. The number of benzene rings is 1. The molecule has 0 aliphatic carbocycles. The van der Waals surface area contributed by atoms with Gasteiger partial charge in [0.05, 0.1) is 5.52 Å². The van der Waals surface area contributed by atoms with Crippen molar-refractivity contribution in [2.75, 3.05) is 5.73 Å². The Labute approximate surface area is 85.5 Å². The van der Waals surface area contributed by atoms with E-state index in [4.69, 9.17) is 5.73 Å². The van der Waals surface area contributed by atoms with Crippen molar-refractivity contribution in [3.8, 4) is 0 Å². The summed E-state index contributed by atoms with van der Waals surface area (Å²) in [5.74, 6) is -2.76. The van der Waals surface area contributed by atoms with Crippen LogP contribution in [0.4, 0.5) is 14.5 Å². The van der Waals surface area contributed by atoms with E-state index in [-0.39, 0.29) is 0 Å². The fourth-order valence-electron chi connectivity index (χ4n) is 1.45. The predicted molar refractivity (Wildman–Crippen MR) is 54.8 cm³/mol. The van der Waals surface area contributed by atoms with Gasteiger partial charge < -0.3 is 5.73 Å². The van der Waals surface area contributed by atoms with Crippen molar-refractivity contribution in [3.63, 3.8) is 0 Å². The van der Waals surface area contributed by atoms with E-state index < -0.39 is 12.5 Å². The Bertz CT molecular complexity index is 485. The van der Waals surface area contributed by atoms with Crippen LogP contribution >= 0.6 is 0 Å². The molecule has 1 aromatic carbocycles. The number of nitrogen functional groups attached to an aromatic ring is 1. The Balaban J connectivity index is 2.39. The van der Waals surface area contributed by atoms with Crippen LogP contribution < -0.4 is 5.73 Å². The number of halogens is 2. The molecule has 2 rings (SSSR count). The number of nitrogens with zero attached hydrogens (tertiary/aromatic N) is 2. The van der Waals surface area contributed by atoms with Crippen LogP contribution in [0.1, 0.15) is 6.92 Å². The first kappa shape index (κ1) is 9.89. The number of nitrogens with two attached hydrogens (primary N) is 1. The Kier molecular flexibility index (Phi) is 2.10. The fourth-order valence-corrected chi connectivity index (χ4v) is 1.45. The van der Waals surface area contributed by atoms with Crippen LogP contribution in [0.15, 0.2) is 24.4 Å².